The predicted octanol–water partition coefficient (Wildman–Crippen LogP) is 2.29. The largest absolute Gasteiger partial charge is 0.396 e. The van der Waals surface area contributed by atoms with E-state index in [1.54, 1.807) is 0 Å². The van der Waals surface area contributed by atoms with E-state index in [9.17, 15) is 4.79 Å². The second kappa shape index (κ2) is 5.65. The number of carbonyl (C=O) groups excluding carboxylic acids is 1. The topological polar surface area (TPSA) is 40.5 Å². The Morgan fingerprint density at radius 3 is 2.76 bits per heavy atom. The maximum Gasteiger partial charge on any atom is 0.253 e. The zero-order valence-electron chi connectivity index (χ0n) is 9.60. The van der Waals surface area contributed by atoms with Crippen LogP contribution in [0, 0.1) is 5.92 Å². The van der Waals surface area contributed by atoms with Gasteiger partial charge in [0.2, 0.25) is 0 Å². The molecule has 0 bridgehead atoms. The van der Waals surface area contributed by atoms with Gasteiger partial charge in [-0.3, -0.25) is 4.79 Å². The smallest absolute Gasteiger partial charge is 0.253 e. The second-order valence-corrected chi connectivity index (χ2v) is 5.34. The van der Waals surface area contributed by atoms with Crippen LogP contribution >= 0.6 is 15.9 Å². The Morgan fingerprint density at radius 2 is 2.12 bits per heavy atom. The quantitative estimate of drug-likeness (QED) is 0.930. The maximum atomic E-state index is 12.2. The summed E-state index contributed by atoms with van der Waals surface area (Å²) in [5.74, 6) is 0.553. The van der Waals surface area contributed by atoms with Gasteiger partial charge in [-0.2, -0.15) is 0 Å². The number of amides is 1. The van der Waals surface area contributed by atoms with Gasteiger partial charge in [0.05, 0.1) is 0 Å². The molecule has 0 saturated carbocycles. The van der Waals surface area contributed by atoms with E-state index < -0.39 is 0 Å². The molecule has 1 aromatic rings. The Morgan fingerprint density at radius 1 is 1.41 bits per heavy atom. The summed E-state index contributed by atoms with van der Waals surface area (Å²) in [5, 5.41) is 8.89. The average molecular weight is 298 g/mol. The SMILES string of the molecule is O=C(c1ccc(Br)cc1)N1CCC(CCO)C1. The van der Waals surface area contributed by atoms with Crippen LogP contribution in [0.5, 0.6) is 0 Å². The van der Waals surface area contributed by atoms with Crippen LogP contribution in [0.2, 0.25) is 0 Å². The minimum absolute atomic E-state index is 0.0953. The molecule has 4 heteroatoms. The number of aliphatic hydroxyl groups excluding tert-OH is 1. The molecule has 1 aliphatic heterocycles. The molecule has 0 spiro atoms. The monoisotopic (exact) mass is 297 g/mol. The van der Waals surface area contributed by atoms with Crippen molar-refractivity contribution < 1.29 is 9.90 Å². The first-order valence-electron chi connectivity index (χ1n) is 5.86. The molecule has 1 aromatic carbocycles. The van der Waals surface area contributed by atoms with Gasteiger partial charge in [0.1, 0.15) is 0 Å². The highest BCUT2D eigenvalue weighted by molar-refractivity contribution is 9.10. The van der Waals surface area contributed by atoms with Crippen molar-refractivity contribution in [3.05, 3.63) is 34.3 Å². The molecule has 0 aromatic heterocycles. The van der Waals surface area contributed by atoms with Crippen LogP contribution in [0.15, 0.2) is 28.7 Å². The first kappa shape index (κ1) is 12.6. The average Bonchev–Trinajstić information content (AvgIpc) is 2.78. The summed E-state index contributed by atoms with van der Waals surface area (Å²) in [6.07, 6.45) is 1.80. The van der Waals surface area contributed by atoms with Crippen LogP contribution in [0.3, 0.4) is 0 Å². The molecule has 0 aliphatic carbocycles. The Balaban J connectivity index is 1.99. The number of carbonyl (C=O) groups is 1. The highest BCUT2D eigenvalue weighted by Gasteiger charge is 2.26. The van der Waals surface area contributed by atoms with E-state index >= 15 is 0 Å². The minimum atomic E-state index is 0.0953. The van der Waals surface area contributed by atoms with Gasteiger partial charge in [0.25, 0.3) is 5.91 Å². The lowest BCUT2D eigenvalue weighted by Gasteiger charge is -2.16. The molecule has 1 atom stereocenters. The lowest BCUT2D eigenvalue weighted by atomic mass is 10.1. The Labute approximate surface area is 110 Å². The third kappa shape index (κ3) is 3.07. The molecule has 3 nitrogen and oxygen atoms in total. The van der Waals surface area contributed by atoms with Gasteiger partial charge in [-0.1, -0.05) is 15.9 Å². The summed E-state index contributed by atoms with van der Waals surface area (Å²) >= 11 is 3.36. The van der Waals surface area contributed by atoms with E-state index in [4.69, 9.17) is 5.11 Å². The first-order chi connectivity index (χ1) is 8.20. The normalized spacial score (nSPS) is 19.6. The lowest BCUT2D eigenvalue weighted by molar-refractivity contribution is 0.0784. The molecular formula is C13H16BrNO2. The summed E-state index contributed by atoms with van der Waals surface area (Å²) in [5.41, 5.74) is 0.734. The fraction of sp³-hybridized carbons (Fsp3) is 0.462. The molecule has 17 heavy (non-hydrogen) atoms. The van der Waals surface area contributed by atoms with Crippen LogP contribution in [-0.4, -0.2) is 35.6 Å². The van der Waals surface area contributed by atoms with Crippen LogP contribution in [0.25, 0.3) is 0 Å². The van der Waals surface area contributed by atoms with Crippen molar-refractivity contribution in [1.29, 1.82) is 0 Å². The number of rotatable bonds is 3. The van der Waals surface area contributed by atoms with Gasteiger partial charge in [-0.05, 0) is 43.0 Å². The van der Waals surface area contributed by atoms with Gasteiger partial charge >= 0.3 is 0 Å². The van der Waals surface area contributed by atoms with Gasteiger partial charge in [-0.15, -0.1) is 0 Å². The van der Waals surface area contributed by atoms with Crippen molar-refractivity contribution in [1.82, 2.24) is 4.90 Å². The molecule has 1 N–H and O–H groups in total. The van der Waals surface area contributed by atoms with Crippen molar-refractivity contribution >= 4 is 21.8 Å². The lowest BCUT2D eigenvalue weighted by Crippen LogP contribution is -2.28. The summed E-state index contributed by atoms with van der Waals surface area (Å²) in [4.78, 5) is 14.0. The minimum Gasteiger partial charge on any atom is -0.396 e. The van der Waals surface area contributed by atoms with Crippen LogP contribution in [-0.2, 0) is 0 Å². The van der Waals surface area contributed by atoms with Crippen molar-refractivity contribution in [3.63, 3.8) is 0 Å². The van der Waals surface area contributed by atoms with E-state index in [1.807, 2.05) is 29.2 Å². The van der Waals surface area contributed by atoms with Crippen LogP contribution < -0.4 is 0 Å². The summed E-state index contributed by atoms with van der Waals surface area (Å²) in [6.45, 7) is 1.79. The molecule has 92 valence electrons. The predicted molar refractivity (Wildman–Crippen MR) is 69.9 cm³/mol. The summed E-state index contributed by atoms with van der Waals surface area (Å²) in [6, 6.07) is 7.45. The molecule has 1 amide bonds. The van der Waals surface area contributed by atoms with Gasteiger partial charge in [0, 0.05) is 29.7 Å². The molecule has 2 rings (SSSR count). The molecule has 1 unspecified atom stereocenters. The third-order valence-corrected chi connectivity index (χ3v) is 3.73. The van der Waals surface area contributed by atoms with Crippen molar-refractivity contribution in [2.75, 3.05) is 19.7 Å². The van der Waals surface area contributed by atoms with Gasteiger partial charge < -0.3 is 10.0 Å². The standard InChI is InChI=1S/C13H16BrNO2/c14-12-3-1-11(2-4-12)13(17)15-7-5-10(9-15)6-8-16/h1-4,10,16H,5-9H2. The highest BCUT2D eigenvalue weighted by atomic mass is 79.9. The second-order valence-electron chi connectivity index (χ2n) is 4.43. The molecular weight excluding hydrogens is 282 g/mol. The molecule has 1 fully saturated rings. The fourth-order valence-corrected chi connectivity index (χ4v) is 2.47. The molecule has 1 saturated heterocycles. The number of aliphatic hydroxyl groups is 1. The Kier molecular flexibility index (Phi) is 4.18. The Bertz CT molecular complexity index is 391. The zero-order valence-corrected chi connectivity index (χ0v) is 11.2. The number of hydrogen-bond acceptors (Lipinski definition) is 2. The number of nitrogens with zero attached hydrogens (tertiary/aromatic N) is 1. The van der Waals surface area contributed by atoms with E-state index in [2.05, 4.69) is 15.9 Å². The van der Waals surface area contributed by atoms with Crippen molar-refractivity contribution in [2.24, 2.45) is 5.92 Å². The van der Waals surface area contributed by atoms with Gasteiger partial charge in [-0.25, -0.2) is 0 Å². The number of hydrogen-bond donors (Lipinski definition) is 1. The van der Waals surface area contributed by atoms with Crippen LogP contribution in [0.4, 0.5) is 0 Å². The third-order valence-electron chi connectivity index (χ3n) is 3.20. The Hall–Kier alpha value is -0.870. The molecule has 0 radical (unpaired) electrons. The zero-order chi connectivity index (χ0) is 12.3. The van der Waals surface area contributed by atoms with E-state index in [1.165, 1.54) is 0 Å². The molecule has 1 aliphatic rings. The number of halogens is 1. The van der Waals surface area contributed by atoms with E-state index in [0.29, 0.717) is 5.92 Å². The fourth-order valence-electron chi connectivity index (χ4n) is 2.21. The summed E-state index contributed by atoms with van der Waals surface area (Å²) in [7, 11) is 0. The van der Waals surface area contributed by atoms with Crippen LogP contribution in [0.1, 0.15) is 23.2 Å². The molecule has 1 heterocycles. The highest BCUT2D eigenvalue weighted by Crippen LogP contribution is 2.21. The van der Waals surface area contributed by atoms with E-state index in [-0.39, 0.29) is 12.5 Å². The van der Waals surface area contributed by atoms with Gasteiger partial charge in [0.15, 0.2) is 0 Å². The van der Waals surface area contributed by atoms with Crippen molar-refractivity contribution in [2.45, 2.75) is 12.8 Å². The number of benzene rings is 1. The number of likely N-dealkylation sites (tertiary alicyclic amines) is 1. The maximum absolute atomic E-state index is 12.2. The van der Waals surface area contributed by atoms with Crippen molar-refractivity contribution in [3.8, 4) is 0 Å². The summed E-state index contributed by atoms with van der Waals surface area (Å²) < 4.78 is 0.980. The van der Waals surface area contributed by atoms with E-state index in [0.717, 1.165) is 36.0 Å². The first-order valence-corrected chi connectivity index (χ1v) is 6.65.